The summed E-state index contributed by atoms with van der Waals surface area (Å²) in [6.45, 7) is 7.67. The number of nitrogens with one attached hydrogen (secondary N) is 1. The van der Waals surface area contributed by atoms with Crippen LogP contribution in [0.4, 0.5) is 0 Å². The maximum Gasteiger partial charge on any atom is 0.138 e. The molecule has 0 bridgehead atoms. The standard InChI is InChI=1S/C13H26N4/c1-5-8-17-13(15-10-16-17)9-12(14-4)7-6-11(2)3/h10-12,14H,5-9H2,1-4H3. The van der Waals surface area contributed by atoms with Gasteiger partial charge in [-0.2, -0.15) is 5.10 Å². The minimum atomic E-state index is 0.511. The summed E-state index contributed by atoms with van der Waals surface area (Å²) in [6.07, 6.45) is 6.20. The van der Waals surface area contributed by atoms with Crippen LogP contribution in [0, 0.1) is 5.92 Å². The molecule has 4 heteroatoms. The number of hydrogen-bond acceptors (Lipinski definition) is 3. The SMILES string of the molecule is CCCn1ncnc1CC(CCC(C)C)NC. The van der Waals surface area contributed by atoms with Gasteiger partial charge in [-0.25, -0.2) is 4.98 Å². The summed E-state index contributed by atoms with van der Waals surface area (Å²) in [5.41, 5.74) is 0. The lowest BCUT2D eigenvalue weighted by molar-refractivity contribution is 0.434. The topological polar surface area (TPSA) is 42.7 Å². The predicted octanol–water partition coefficient (Wildman–Crippen LogP) is 2.25. The van der Waals surface area contributed by atoms with E-state index in [2.05, 4.69) is 36.2 Å². The van der Waals surface area contributed by atoms with Crippen LogP contribution in [0.5, 0.6) is 0 Å². The van der Waals surface area contributed by atoms with E-state index >= 15 is 0 Å². The smallest absolute Gasteiger partial charge is 0.138 e. The highest BCUT2D eigenvalue weighted by molar-refractivity contribution is 4.89. The Hall–Kier alpha value is -0.900. The third-order valence-electron chi connectivity index (χ3n) is 3.06. The number of likely N-dealkylation sites (N-methyl/N-ethyl adjacent to an activating group) is 1. The highest BCUT2D eigenvalue weighted by atomic mass is 15.3. The van der Waals surface area contributed by atoms with E-state index in [4.69, 9.17) is 0 Å². The normalized spacial score (nSPS) is 13.2. The van der Waals surface area contributed by atoms with E-state index < -0.39 is 0 Å². The van der Waals surface area contributed by atoms with E-state index in [1.165, 1.54) is 12.8 Å². The lowest BCUT2D eigenvalue weighted by Gasteiger charge is -2.17. The van der Waals surface area contributed by atoms with E-state index in [0.29, 0.717) is 6.04 Å². The van der Waals surface area contributed by atoms with Gasteiger partial charge in [0.15, 0.2) is 0 Å². The van der Waals surface area contributed by atoms with Gasteiger partial charge >= 0.3 is 0 Å². The first-order valence-electron chi connectivity index (χ1n) is 6.71. The molecule has 0 aliphatic rings. The number of hydrogen-bond donors (Lipinski definition) is 1. The summed E-state index contributed by atoms with van der Waals surface area (Å²) >= 11 is 0. The second-order valence-corrected chi connectivity index (χ2v) is 5.06. The van der Waals surface area contributed by atoms with Gasteiger partial charge in [0.2, 0.25) is 0 Å². The third kappa shape index (κ3) is 4.86. The van der Waals surface area contributed by atoms with Crippen molar-refractivity contribution in [2.24, 2.45) is 5.92 Å². The number of nitrogens with zero attached hydrogens (tertiary/aromatic N) is 3. The van der Waals surface area contributed by atoms with Gasteiger partial charge in [-0.05, 0) is 32.2 Å². The van der Waals surface area contributed by atoms with E-state index in [0.717, 1.165) is 31.1 Å². The molecular formula is C13H26N4. The zero-order chi connectivity index (χ0) is 12.7. The van der Waals surface area contributed by atoms with Crippen molar-refractivity contribution >= 4 is 0 Å². The highest BCUT2D eigenvalue weighted by Gasteiger charge is 2.12. The van der Waals surface area contributed by atoms with Crippen LogP contribution in [-0.2, 0) is 13.0 Å². The zero-order valence-electron chi connectivity index (χ0n) is 11.6. The molecule has 1 rings (SSSR count). The fraction of sp³-hybridized carbons (Fsp3) is 0.846. The second kappa shape index (κ2) is 7.43. The average Bonchev–Trinajstić information content (AvgIpc) is 2.72. The summed E-state index contributed by atoms with van der Waals surface area (Å²) in [5.74, 6) is 1.87. The van der Waals surface area contributed by atoms with Crippen LogP contribution in [0.3, 0.4) is 0 Å². The van der Waals surface area contributed by atoms with Crippen LogP contribution in [-0.4, -0.2) is 27.9 Å². The Kier molecular flexibility index (Phi) is 6.19. The molecule has 0 aliphatic carbocycles. The maximum atomic E-state index is 4.36. The molecule has 0 radical (unpaired) electrons. The molecule has 1 aromatic rings. The largest absolute Gasteiger partial charge is 0.317 e. The van der Waals surface area contributed by atoms with Gasteiger partial charge in [-0.15, -0.1) is 0 Å². The summed E-state index contributed by atoms with van der Waals surface area (Å²) in [5, 5.41) is 7.65. The fourth-order valence-corrected chi connectivity index (χ4v) is 1.95. The summed E-state index contributed by atoms with van der Waals surface area (Å²) in [4.78, 5) is 4.36. The minimum Gasteiger partial charge on any atom is -0.317 e. The van der Waals surface area contributed by atoms with Crippen molar-refractivity contribution in [2.45, 2.75) is 59.0 Å². The fourth-order valence-electron chi connectivity index (χ4n) is 1.95. The Morgan fingerprint density at radius 3 is 2.71 bits per heavy atom. The summed E-state index contributed by atoms with van der Waals surface area (Å²) in [6, 6.07) is 0.511. The Bertz CT molecular complexity index is 306. The van der Waals surface area contributed by atoms with Gasteiger partial charge in [-0.3, -0.25) is 4.68 Å². The minimum absolute atomic E-state index is 0.511. The average molecular weight is 238 g/mol. The van der Waals surface area contributed by atoms with Crippen molar-refractivity contribution in [3.8, 4) is 0 Å². The van der Waals surface area contributed by atoms with E-state index in [1.807, 2.05) is 11.7 Å². The third-order valence-corrected chi connectivity index (χ3v) is 3.06. The Labute approximate surface area is 105 Å². The van der Waals surface area contributed by atoms with Crippen molar-refractivity contribution in [1.82, 2.24) is 20.1 Å². The lowest BCUT2D eigenvalue weighted by Crippen LogP contribution is -2.29. The molecule has 1 N–H and O–H groups in total. The van der Waals surface area contributed by atoms with Gasteiger partial charge in [0.25, 0.3) is 0 Å². The first kappa shape index (κ1) is 14.2. The van der Waals surface area contributed by atoms with Crippen LogP contribution in [0.15, 0.2) is 6.33 Å². The van der Waals surface area contributed by atoms with Crippen molar-refractivity contribution < 1.29 is 0 Å². The molecule has 0 spiro atoms. The summed E-state index contributed by atoms with van der Waals surface area (Å²) in [7, 11) is 2.03. The van der Waals surface area contributed by atoms with Gasteiger partial charge < -0.3 is 5.32 Å². The maximum absolute atomic E-state index is 4.36. The molecule has 1 aromatic heterocycles. The van der Waals surface area contributed by atoms with Crippen LogP contribution in [0.1, 0.15) is 45.9 Å². The number of aromatic nitrogens is 3. The zero-order valence-corrected chi connectivity index (χ0v) is 11.6. The molecule has 0 aromatic carbocycles. The number of aryl methyl sites for hydroxylation is 1. The first-order valence-corrected chi connectivity index (χ1v) is 6.71. The summed E-state index contributed by atoms with van der Waals surface area (Å²) < 4.78 is 2.03. The highest BCUT2D eigenvalue weighted by Crippen LogP contribution is 2.10. The first-order chi connectivity index (χ1) is 8.17. The quantitative estimate of drug-likeness (QED) is 0.755. The van der Waals surface area contributed by atoms with E-state index in [1.54, 1.807) is 6.33 Å². The molecule has 98 valence electrons. The molecule has 0 saturated heterocycles. The Morgan fingerprint density at radius 1 is 1.35 bits per heavy atom. The van der Waals surface area contributed by atoms with Crippen LogP contribution in [0.25, 0.3) is 0 Å². The van der Waals surface area contributed by atoms with Crippen molar-refractivity contribution in [3.05, 3.63) is 12.2 Å². The van der Waals surface area contributed by atoms with Gasteiger partial charge in [0.05, 0.1) is 0 Å². The second-order valence-electron chi connectivity index (χ2n) is 5.06. The number of rotatable bonds is 8. The Morgan fingerprint density at radius 2 is 2.12 bits per heavy atom. The lowest BCUT2D eigenvalue weighted by atomic mass is 10.0. The van der Waals surface area contributed by atoms with Gasteiger partial charge in [-0.1, -0.05) is 20.8 Å². The molecule has 1 heterocycles. The predicted molar refractivity (Wildman–Crippen MR) is 70.9 cm³/mol. The molecule has 0 fully saturated rings. The van der Waals surface area contributed by atoms with E-state index in [-0.39, 0.29) is 0 Å². The van der Waals surface area contributed by atoms with Crippen LogP contribution in [0.2, 0.25) is 0 Å². The van der Waals surface area contributed by atoms with E-state index in [9.17, 15) is 0 Å². The molecule has 0 saturated carbocycles. The van der Waals surface area contributed by atoms with Crippen LogP contribution >= 0.6 is 0 Å². The molecular weight excluding hydrogens is 212 g/mol. The van der Waals surface area contributed by atoms with Crippen LogP contribution < -0.4 is 5.32 Å². The van der Waals surface area contributed by atoms with Gasteiger partial charge in [0.1, 0.15) is 12.2 Å². The van der Waals surface area contributed by atoms with Gasteiger partial charge in [0, 0.05) is 19.0 Å². The molecule has 1 unspecified atom stereocenters. The molecule has 4 nitrogen and oxygen atoms in total. The van der Waals surface area contributed by atoms with Crippen molar-refractivity contribution in [2.75, 3.05) is 7.05 Å². The van der Waals surface area contributed by atoms with Crippen molar-refractivity contribution in [3.63, 3.8) is 0 Å². The molecule has 0 aliphatic heterocycles. The molecule has 1 atom stereocenters. The Balaban J connectivity index is 2.51. The molecule has 17 heavy (non-hydrogen) atoms. The monoisotopic (exact) mass is 238 g/mol. The van der Waals surface area contributed by atoms with Crippen molar-refractivity contribution in [1.29, 1.82) is 0 Å². The molecule has 0 amide bonds.